The lowest BCUT2D eigenvalue weighted by molar-refractivity contribution is 0.262. The Kier molecular flexibility index (Phi) is 6.36. The number of pyridine rings is 1. The summed E-state index contributed by atoms with van der Waals surface area (Å²) in [6, 6.07) is 5.73. The smallest absolute Gasteiger partial charge is 0.324 e. The summed E-state index contributed by atoms with van der Waals surface area (Å²) in [4.78, 5) is 34.6. The second kappa shape index (κ2) is 9.64. The van der Waals surface area contributed by atoms with Crippen molar-refractivity contribution >= 4 is 34.5 Å². The molecule has 0 saturated heterocycles. The van der Waals surface area contributed by atoms with E-state index in [2.05, 4.69) is 31.0 Å². The fourth-order valence-corrected chi connectivity index (χ4v) is 4.92. The molecule has 0 radical (unpaired) electrons. The molecule has 0 bridgehead atoms. The van der Waals surface area contributed by atoms with E-state index in [-0.39, 0.29) is 11.2 Å². The van der Waals surface area contributed by atoms with Crippen molar-refractivity contribution in [3.05, 3.63) is 57.9 Å². The number of fused-ring (bicyclic) bond motifs is 1. The molecule has 1 fully saturated rings. The highest BCUT2D eigenvalue weighted by Crippen LogP contribution is 2.34. The monoisotopic (exact) mass is 504 g/mol. The number of anilines is 3. The minimum atomic E-state index is -0.604. The molecule has 2 amide bonds. The first kappa shape index (κ1) is 24.4. The molecule has 0 atom stereocenters. The molecule has 0 unspecified atom stereocenters. The minimum Gasteiger partial charge on any atom is -0.357 e. The third kappa shape index (κ3) is 4.64. The van der Waals surface area contributed by atoms with Crippen molar-refractivity contribution < 1.29 is 9.18 Å². The molecule has 3 aromatic heterocycles. The van der Waals surface area contributed by atoms with Gasteiger partial charge in [0.15, 0.2) is 0 Å². The number of benzene rings is 1. The summed E-state index contributed by atoms with van der Waals surface area (Å²) in [5.74, 6) is 0.723. The fraction of sp³-hybridized carbons (Fsp3) is 0.346. The number of aryl methyl sites for hydroxylation is 3. The van der Waals surface area contributed by atoms with Crippen molar-refractivity contribution in [2.24, 2.45) is 14.1 Å². The van der Waals surface area contributed by atoms with E-state index in [1.165, 1.54) is 29.5 Å². The van der Waals surface area contributed by atoms with Gasteiger partial charge in [-0.1, -0.05) is 12.8 Å². The molecule has 192 valence electrons. The number of nitrogens with zero attached hydrogens (tertiary/aromatic N) is 5. The Morgan fingerprint density at radius 2 is 1.84 bits per heavy atom. The van der Waals surface area contributed by atoms with Crippen LogP contribution in [0, 0.1) is 12.7 Å². The van der Waals surface area contributed by atoms with E-state index in [0.29, 0.717) is 45.4 Å². The Morgan fingerprint density at radius 1 is 1.08 bits per heavy atom. The molecule has 4 aromatic rings. The number of nitrogens with one attached hydrogen (secondary N) is 3. The SMILES string of the molecule is CNc1ncc2cc(-c3cc(NC(=O)Nc4cc(C5CCCC5)nn4C)c(F)cc3C)c(=O)n(C)c2n1. The highest BCUT2D eigenvalue weighted by Gasteiger charge is 2.22. The maximum Gasteiger partial charge on any atom is 0.324 e. The van der Waals surface area contributed by atoms with E-state index in [9.17, 15) is 14.0 Å². The Hall–Kier alpha value is -4.28. The van der Waals surface area contributed by atoms with Crippen LogP contribution in [0.2, 0.25) is 0 Å². The highest BCUT2D eigenvalue weighted by molar-refractivity contribution is 6.00. The molecular formula is C26H29FN8O2. The van der Waals surface area contributed by atoms with Gasteiger partial charge in [-0.25, -0.2) is 14.2 Å². The highest BCUT2D eigenvalue weighted by atomic mass is 19.1. The molecule has 11 heteroatoms. The lowest BCUT2D eigenvalue weighted by Crippen LogP contribution is -2.22. The average molecular weight is 505 g/mol. The van der Waals surface area contributed by atoms with Gasteiger partial charge in [-0.05, 0) is 49.1 Å². The standard InChI is InChI=1S/C26H29FN8O2/c1-14-9-19(27)21(30-26(37)31-22-12-20(33-35(22)4)15-7-5-6-8-15)11-17(14)18-10-16-13-29-25(28-2)32-23(16)34(3)24(18)36/h9-13,15H,5-8H2,1-4H3,(H,28,29,32)(H2,30,31,37). The molecule has 5 rings (SSSR count). The van der Waals surface area contributed by atoms with Gasteiger partial charge in [0.1, 0.15) is 17.3 Å². The molecule has 3 N–H and O–H groups in total. The van der Waals surface area contributed by atoms with Crippen molar-refractivity contribution in [2.75, 3.05) is 23.0 Å². The van der Waals surface area contributed by atoms with Gasteiger partial charge in [0.25, 0.3) is 5.56 Å². The largest absolute Gasteiger partial charge is 0.357 e. The Balaban J connectivity index is 1.44. The van der Waals surface area contributed by atoms with Gasteiger partial charge < -0.3 is 10.6 Å². The molecule has 3 heterocycles. The molecular weight excluding hydrogens is 475 g/mol. The molecule has 1 aliphatic rings. The predicted molar refractivity (Wildman–Crippen MR) is 142 cm³/mol. The zero-order valence-electron chi connectivity index (χ0n) is 21.2. The first-order valence-corrected chi connectivity index (χ1v) is 12.2. The third-order valence-corrected chi connectivity index (χ3v) is 6.94. The van der Waals surface area contributed by atoms with Crippen LogP contribution in [-0.4, -0.2) is 37.4 Å². The Morgan fingerprint density at radius 3 is 2.57 bits per heavy atom. The normalized spacial score (nSPS) is 13.8. The zero-order valence-corrected chi connectivity index (χ0v) is 21.2. The maximum absolute atomic E-state index is 14.9. The number of urea groups is 1. The lowest BCUT2D eigenvalue weighted by atomic mass is 9.99. The molecule has 1 aromatic carbocycles. The van der Waals surface area contributed by atoms with Crippen LogP contribution in [0.1, 0.15) is 42.9 Å². The number of aromatic nitrogens is 5. The van der Waals surface area contributed by atoms with Crippen LogP contribution in [0.25, 0.3) is 22.2 Å². The van der Waals surface area contributed by atoms with Crippen molar-refractivity contribution in [1.82, 2.24) is 24.3 Å². The van der Waals surface area contributed by atoms with E-state index in [4.69, 9.17) is 0 Å². The number of hydrogen-bond acceptors (Lipinski definition) is 6. The fourth-order valence-electron chi connectivity index (χ4n) is 4.92. The van der Waals surface area contributed by atoms with Gasteiger partial charge in [0, 0.05) is 50.3 Å². The van der Waals surface area contributed by atoms with Gasteiger partial charge in [-0.2, -0.15) is 10.1 Å². The molecule has 10 nitrogen and oxygen atoms in total. The molecule has 37 heavy (non-hydrogen) atoms. The van der Waals surface area contributed by atoms with Crippen LogP contribution in [0.15, 0.2) is 35.3 Å². The van der Waals surface area contributed by atoms with Crippen molar-refractivity contribution in [1.29, 1.82) is 0 Å². The van der Waals surface area contributed by atoms with Gasteiger partial charge in [0.2, 0.25) is 5.95 Å². The third-order valence-electron chi connectivity index (χ3n) is 6.94. The van der Waals surface area contributed by atoms with Crippen LogP contribution in [0.5, 0.6) is 0 Å². The van der Waals surface area contributed by atoms with Gasteiger partial charge in [-0.3, -0.25) is 19.4 Å². The lowest BCUT2D eigenvalue weighted by Gasteiger charge is -2.14. The maximum atomic E-state index is 14.9. The number of carbonyl (C=O) groups excluding carboxylic acids is 1. The molecule has 1 aliphatic carbocycles. The minimum absolute atomic E-state index is 0.0415. The Bertz CT molecular complexity index is 1570. The average Bonchev–Trinajstić information content (AvgIpc) is 3.53. The molecule has 0 spiro atoms. The first-order chi connectivity index (χ1) is 17.7. The summed E-state index contributed by atoms with van der Waals surface area (Å²) < 4.78 is 17.9. The summed E-state index contributed by atoms with van der Waals surface area (Å²) in [5.41, 5.74) is 2.50. The van der Waals surface area contributed by atoms with Crippen LogP contribution < -0.4 is 21.5 Å². The van der Waals surface area contributed by atoms with E-state index < -0.39 is 11.8 Å². The summed E-state index contributed by atoms with van der Waals surface area (Å²) in [7, 11) is 5.08. The second-order valence-electron chi connectivity index (χ2n) is 9.43. The van der Waals surface area contributed by atoms with E-state index >= 15 is 0 Å². The van der Waals surface area contributed by atoms with Gasteiger partial charge in [0.05, 0.1) is 11.4 Å². The molecule has 0 aliphatic heterocycles. The zero-order chi connectivity index (χ0) is 26.3. The van der Waals surface area contributed by atoms with E-state index in [1.807, 2.05) is 6.07 Å². The van der Waals surface area contributed by atoms with E-state index in [1.54, 1.807) is 45.0 Å². The number of amides is 2. The van der Waals surface area contributed by atoms with Gasteiger partial charge >= 0.3 is 6.03 Å². The van der Waals surface area contributed by atoms with Crippen LogP contribution >= 0.6 is 0 Å². The summed E-state index contributed by atoms with van der Waals surface area (Å²) in [5, 5.41) is 13.4. The summed E-state index contributed by atoms with van der Waals surface area (Å²) >= 11 is 0. The quantitative estimate of drug-likeness (QED) is 0.368. The van der Waals surface area contributed by atoms with Crippen molar-refractivity contribution in [3.8, 4) is 11.1 Å². The van der Waals surface area contributed by atoms with Crippen LogP contribution in [-0.2, 0) is 14.1 Å². The second-order valence-corrected chi connectivity index (χ2v) is 9.43. The number of halogens is 1. The van der Waals surface area contributed by atoms with E-state index in [0.717, 1.165) is 18.5 Å². The number of hydrogen-bond donors (Lipinski definition) is 3. The first-order valence-electron chi connectivity index (χ1n) is 12.2. The summed E-state index contributed by atoms with van der Waals surface area (Å²) in [6.45, 7) is 1.71. The molecule has 1 saturated carbocycles. The number of rotatable bonds is 5. The predicted octanol–water partition coefficient (Wildman–Crippen LogP) is 4.52. The summed E-state index contributed by atoms with van der Waals surface area (Å²) in [6.07, 6.45) is 6.18. The van der Waals surface area contributed by atoms with Gasteiger partial charge in [-0.15, -0.1) is 0 Å². The van der Waals surface area contributed by atoms with Crippen LogP contribution in [0.3, 0.4) is 0 Å². The number of carbonyl (C=O) groups is 1. The van der Waals surface area contributed by atoms with Crippen molar-refractivity contribution in [2.45, 2.75) is 38.5 Å². The van der Waals surface area contributed by atoms with Crippen LogP contribution in [0.4, 0.5) is 26.6 Å². The van der Waals surface area contributed by atoms with Crippen molar-refractivity contribution in [3.63, 3.8) is 0 Å². The topological polar surface area (TPSA) is 119 Å². The Labute approximate surface area is 212 Å².